The molecule has 3 rings (SSSR count). The van der Waals surface area contributed by atoms with Gasteiger partial charge in [-0.2, -0.15) is 0 Å². The van der Waals surface area contributed by atoms with Crippen molar-refractivity contribution < 1.29 is 18.6 Å². The normalized spacial score (nSPS) is 10.8. The van der Waals surface area contributed by atoms with Crippen LogP contribution >= 0.6 is 0 Å². The molecule has 0 aliphatic rings. The average molecular weight is 287 g/mol. The highest BCUT2D eigenvalue weighted by molar-refractivity contribution is 5.82. The van der Waals surface area contributed by atoms with Gasteiger partial charge in [-0.3, -0.25) is 0 Å². The lowest BCUT2D eigenvalue weighted by Crippen LogP contribution is -1.94. The topological polar surface area (TPSA) is 42.4 Å². The van der Waals surface area contributed by atoms with Gasteiger partial charge in [-0.05, 0) is 23.8 Å². The second-order valence-electron chi connectivity index (χ2n) is 4.47. The maximum atomic E-state index is 13.2. The number of hydrogen-bond acceptors (Lipinski definition) is 3. The molecule has 3 nitrogen and oxygen atoms in total. The summed E-state index contributed by atoms with van der Waals surface area (Å²) < 4.78 is 31.5. The lowest BCUT2D eigenvalue weighted by atomic mass is 10.1. The molecule has 3 aromatic rings. The van der Waals surface area contributed by atoms with Crippen molar-refractivity contribution in [3.63, 3.8) is 0 Å². The number of aliphatic hydroxyl groups excluding tert-OH is 1. The first kappa shape index (κ1) is 13.5. The molecule has 0 atom stereocenters. The van der Waals surface area contributed by atoms with Crippen molar-refractivity contribution in [1.29, 1.82) is 0 Å². The van der Waals surface area contributed by atoms with Crippen LogP contribution in [0.15, 0.2) is 48.5 Å². The molecular weight excluding hydrogens is 276 g/mol. The third-order valence-corrected chi connectivity index (χ3v) is 3.06. The molecule has 0 bridgehead atoms. The molecule has 0 aliphatic heterocycles. The van der Waals surface area contributed by atoms with E-state index in [-0.39, 0.29) is 18.2 Å². The van der Waals surface area contributed by atoms with Crippen molar-refractivity contribution in [2.45, 2.75) is 6.61 Å². The first-order valence-electron chi connectivity index (χ1n) is 6.30. The molecule has 0 radical (unpaired) electrons. The Bertz CT molecular complexity index is 805. The summed E-state index contributed by atoms with van der Waals surface area (Å²) in [6.07, 6.45) is 0. The largest absolute Gasteiger partial charge is 0.439 e. The molecule has 0 saturated heterocycles. The predicted molar refractivity (Wildman–Crippen MR) is 74.1 cm³/mol. The minimum atomic E-state index is -0.990. The lowest BCUT2D eigenvalue weighted by molar-refractivity contribution is 0.282. The van der Waals surface area contributed by atoms with Crippen molar-refractivity contribution in [2.24, 2.45) is 0 Å². The van der Waals surface area contributed by atoms with Crippen LogP contribution in [0.5, 0.6) is 11.6 Å². The predicted octanol–water partition coefficient (Wildman–Crippen LogP) is 3.80. The summed E-state index contributed by atoms with van der Waals surface area (Å²) in [6.45, 7) is -0.169. The quantitative estimate of drug-likeness (QED) is 0.796. The molecule has 1 N–H and O–H groups in total. The van der Waals surface area contributed by atoms with E-state index in [1.165, 1.54) is 6.07 Å². The summed E-state index contributed by atoms with van der Waals surface area (Å²) in [5, 5.41) is 10.2. The monoisotopic (exact) mass is 287 g/mol. The Morgan fingerprint density at radius 2 is 1.81 bits per heavy atom. The minimum Gasteiger partial charge on any atom is -0.439 e. The highest BCUT2D eigenvalue weighted by atomic mass is 19.2. The molecule has 0 amide bonds. The van der Waals surface area contributed by atoms with E-state index >= 15 is 0 Å². The van der Waals surface area contributed by atoms with Crippen LogP contribution in [0.25, 0.3) is 10.9 Å². The minimum absolute atomic E-state index is 0.139. The van der Waals surface area contributed by atoms with Gasteiger partial charge in [0, 0.05) is 17.5 Å². The molecule has 1 aromatic heterocycles. The van der Waals surface area contributed by atoms with Crippen molar-refractivity contribution in [3.05, 3.63) is 65.7 Å². The zero-order chi connectivity index (χ0) is 14.8. The fourth-order valence-corrected chi connectivity index (χ4v) is 2.06. The smallest absolute Gasteiger partial charge is 0.220 e. The molecule has 0 fully saturated rings. The van der Waals surface area contributed by atoms with E-state index in [4.69, 9.17) is 4.74 Å². The first-order valence-corrected chi connectivity index (χ1v) is 6.30. The Balaban J connectivity index is 2.02. The van der Waals surface area contributed by atoms with E-state index in [2.05, 4.69) is 4.98 Å². The molecule has 5 heteroatoms. The van der Waals surface area contributed by atoms with Crippen LogP contribution in [0.4, 0.5) is 8.78 Å². The fourth-order valence-electron chi connectivity index (χ4n) is 2.06. The summed E-state index contributed by atoms with van der Waals surface area (Å²) in [5.74, 6) is -1.58. The maximum Gasteiger partial charge on any atom is 0.220 e. The van der Waals surface area contributed by atoms with Crippen molar-refractivity contribution in [1.82, 2.24) is 4.98 Å². The van der Waals surface area contributed by atoms with Crippen LogP contribution in [-0.4, -0.2) is 10.1 Å². The van der Waals surface area contributed by atoms with Crippen LogP contribution < -0.4 is 4.74 Å². The van der Waals surface area contributed by atoms with Crippen LogP contribution in [0.3, 0.4) is 0 Å². The average Bonchev–Trinajstić information content (AvgIpc) is 2.50. The molecule has 0 spiro atoms. The third-order valence-electron chi connectivity index (χ3n) is 3.06. The molecule has 0 unspecified atom stereocenters. The summed E-state index contributed by atoms with van der Waals surface area (Å²) in [5.41, 5.74) is 1.31. The number of aliphatic hydroxyl groups is 1. The Morgan fingerprint density at radius 3 is 2.57 bits per heavy atom. The van der Waals surface area contributed by atoms with E-state index in [0.29, 0.717) is 11.1 Å². The van der Waals surface area contributed by atoms with Gasteiger partial charge < -0.3 is 9.84 Å². The standard InChI is InChI=1S/C16H11F2NO2/c17-13-6-5-11(8-14(13)18)21-16-7-10(9-20)12-3-1-2-4-15(12)19-16/h1-8,20H,9H2. The second kappa shape index (κ2) is 5.46. The number of para-hydroxylation sites is 1. The number of nitrogens with zero attached hydrogens (tertiary/aromatic N) is 1. The fraction of sp³-hybridized carbons (Fsp3) is 0.0625. The Labute approximate surface area is 119 Å². The molecule has 0 aliphatic carbocycles. The van der Waals surface area contributed by atoms with Gasteiger partial charge in [0.05, 0.1) is 12.1 Å². The van der Waals surface area contributed by atoms with E-state index in [1.54, 1.807) is 12.1 Å². The number of fused-ring (bicyclic) bond motifs is 1. The summed E-state index contributed by atoms with van der Waals surface area (Å²) in [7, 11) is 0. The van der Waals surface area contributed by atoms with Gasteiger partial charge in [-0.15, -0.1) is 0 Å². The van der Waals surface area contributed by atoms with Gasteiger partial charge in [0.25, 0.3) is 0 Å². The molecule has 0 saturated carbocycles. The number of halogens is 2. The number of pyridine rings is 1. The van der Waals surface area contributed by atoms with Crippen LogP contribution in [-0.2, 0) is 6.61 Å². The Morgan fingerprint density at radius 1 is 1.00 bits per heavy atom. The van der Waals surface area contributed by atoms with Crippen LogP contribution in [0.2, 0.25) is 0 Å². The van der Waals surface area contributed by atoms with Gasteiger partial charge >= 0.3 is 0 Å². The van der Waals surface area contributed by atoms with Crippen LogP contribution in [0, 0.1) is 11.6 Å². The van der Waals surface area contributed by atoms with Crippen molar-refractivity contribution in [2.75, 3.05) is 0 Å². The molecule has 2 aromatic carbocycles. The molecule has 106 valence electrons. The SMILES string of the molecule is OCc1cc(Oc2ccc(F)c(F)c2)nc2ccccc12. The maximum absolute atomic E-state index is 13.2. The lowest BCUT2D eigenvalue weighted by Gasteiger charge is -2.09. The number of aromatic nitrogens is 1. The van der Waals surface area contributed by atoms with Crippen molar-refractivity contribution in [3.8, 4) is 11.6 Å². The first-order chi connectivity index (χ1) is 10.2. The van der Waals surface area contributed by atoms with Gasteiger partial charge in [-0.25, -0.2) is 13.8 Å². The zero-order valence-electron chi connectivity index (χ0n) is 10.9. The van der Waals surface area contributed by atoms with E-state index in [0.717, 1.165) is 17.5 Å². The van der Waals surface area contributed by atoms with Gasteiger partial charge in [-0.1, -0.05) is 18.2 Å². The number of hydrogen-bond donors (Lipinski definition) is 1. The Hall–Kier alpha value is -2.53. The second-order valence-corrected chi connectivity index (χ2v) is 4.47. The zero-order valence-corrected chi connectivity index (χ0v) is 10.9. The van der Waals surface area contributed by atoms with E-state index < -0.39 is 11.6 Å². The summed E-state index contributed by atoms with van der Waals surface area (Å²) >= 11 is 0. The number of benzene rings is 2. The summed E-state index contributed by atoms with van der Waals surface area (Å²) in [4.78, 5) is 4.28. The molecule has 1 heterocycles. The third kappa shape index (κ3) is 2.68. The number of ether oxygens (including phenoxy) is 1. The highest BCUT2D eigenvalue weighted by Gasteiger charge is 2.08. The van der Waals surface area contributed by atoms with Gasteiger partial charge in [0.15, 0.2) is 11.6 Å². The van der Waals surface area contributed by atoms with Crippen molar-refractivity contribution >= 4 is 10.9 Å². The highest BCUT2D eigenvalue weighted by Crippen LogP contribution is 2.26. The van der Waals surface area contributed by atoms with Crippen LogP contribution in [0.1, 0.15) is 5.56 Å². The molecule has 21 heavy (non-hydrogen) atoms. The molecular formula is C16H11F2NO2. The van der Waals surface area contributed by atoms with Gasteiger partial charge in [0.2, 0.25) is 5.88 Å². The van der Waals surface area contributed by atoms with E-state index in [1.807, 2.05) is 18.2 Å². The Kier molecular flexibility index (Phi) is 3.50. The summed E-state index contributed by atoms with van der Waals surface area (Å²) in [6, 6.07) is 12.1. The van der Waals surface area contributed by atoms with E-state index in [9.17, 15) is 13.9 Å². The number of rotatable bonds is 3. The van der Waals surface area contributed by atoms with Gasteiger partial charge in [0.1, 0.15) is 5.75 Å².